The highest BCUT2D eigenvalue weighted by Crippen LogP contribution is 2.10. The number of guanidine groups is 1. The topological polar surface area (TPSA) is 70.7 Å². The molecule has 0 fully saturated rings. The maximum Gasteiger partial charge on any atom is 0.244 e. The average Bonchev–Trinajstić information content (AvgIpc) is 2.65. The van der Waals surface area contributed by atoms with Gasteiger partial charge in [-0.1, -0.05) is 49.4 Å². The number of aryl methyl sites for hydroxylation is 1. The van der Waals surface area contributed by atoms with Crippen LogP contribution >= 0.6 is 0 Å². The Morgan fingerprint density at radius 2 is 1.80 bits per heavy atom. The van der Waals surface area contributed by atoms with Crippen molar-refractivity contribution in [2.75, 3.05) is 18.4 Å². The van der Waals surface area contributed by atoms with Crippen molar-refractivity contribution in [3.8, 4) is 0 Å². The number of hydrogen-bond acceptors (Lipinski definition) is 2. The van der Waals surface area contributed by atoms with Gasteiger partial charge in [0.15, 0.2) is 5.96 Å². The SMILES string of the molecule is CCc1cccc(NC(N)=NCC(=O)N(CC)Cc2ccccc2)c1. The molecule has 132 valence electrons. The molecule has 0 aromatic heterocycles. The van der Waals surface area contributed by atoms with Gasteiger partial charge in [-0.25, -0.2) is 4.99 Å². The van der Waals surface area contributed by atoms with Gasteiger partial charge in [0.05, 0.1) is 0 Å². The molecule has 0 aliphatic carbocycles. The van der Waals surface area contributed by atoms with Crippen molar-refractivity contribution in [3.63, 3.8) is 0 Å². The van der Waals surface area contributed by atoms with Gasteiger partial charge in [0.2, 0.25) is 5.91 Å². The van der Waals surface area contributed by atoms with Crippen molar-refractivity contribution in [1.82, 2.24) is 4.90 Å². The quantitative estimate of drug-likeness (QED) is 0.602. The predicted octanol–water partition coefficient (Wildman–Crippen LogP) is 3.02. The van der Waals surface area contributed by atoms with Crippen LogP contribution in [0, 0.1) is 0 Å². The van der Waals surface area contributed by atoms with E-state index in [4.69, 9.17) is 5.73 Å². The summed E-state index contributed by atoms with van der Waals surface area (Å²) in [4.78, 5) is 18.3. The molecule has 2 aromatic rings. The zero-order chi connectivity index (χ0) is 18.1. The minimum Gasteiger partial charge on any atom is -0.370 e. The van der Waals surface area contributed by atoms with Crippen LogP contribution < -0.4 is 11.1 Å². The third kappa shape index (κ3) is 5.95. The molecule has 0 aliphatic heterocycles. The van der Waals surface area contributed by atoms with Crippen LogP contribution in [0.1, 0.15) is 25.0 Å². The minimum absolute atomic E-state index is 0.0347. The molecule has 3 N–H and O–H groups in total. The van der Waals surface area contributed by atoms with E-state index in [0.29, 0.717) is 13.1 Å². The van der Waals surface area contributed by atoms with E-state index in [0.717, 1.165) is 17.7 Å². The molecule has 5 nitrogen and oxygen atoms in total. The van der Waals surface area contributed by atoms with Crippen molar-refractivity contribution in [1.29, 1.82) is 0 Å². The average molecular weight is 338 g/mol. The van der Waals surface area contributed by atoms with E-state index in [9.17, 15) is 4.79 Å². The van der Waals surface area contributed by atoms with Crippen molar-refractivity contribution >= 4 is 17.6 Å². The Hall–Kier alpha value is -2.82. The summed E-state index contributed by atoms with van der Waals surface area (Å²) in [5.41, 5.74) is 9.10. The molecular formula is C20H26N4O. The molecule has 5 heteroatoms. The molecule has 2 rings (SSSR count). The molecule has 25 heavy (non-hydrogen) atoms. The number of anilines is 1. The molecule has 0 aliphatic rings. The van der Waals surface area contributed by atoms with Crippen LogP contribution in [0.3, 0.4) is 0 Å². The highest BCUT2D eigenvalue weighted by molar-refractivity contribution is 5.93. The highest BCUT2D eigenvalue weighted by Gasteiger charge is 2.11. The number of nitrogens with two attached hydrogens (primary N) is 1. The molecule has 0 heterocycles. The summed E-state index contributed by atoms with van der Waals surface area (Å²) in [6.07, 6.45) is 0.954. The first-order chi connectivity index (χ1) is 12.1. The fourth-order valence-corrected chi connectivity index (χ4v) is 2.49. The zero-order valence-electron chi connectivity index (χ0n) is 14.9. The molecule has 0 atom stereocenters. The number of hydrogen-bond donors (Lipinski definition) is 2. The van der Waals surface area contributed by atoms with Crippen LogP contribution in [-0.2, 0) is 17.8 Å². The van der Waals surface area contributed by atoms with Crippen molar-refractivity contribution < 1.29 is 4.79 Å². The predicted molar refractivity (Wildman–Crippen MR) is 103 cm³/mol. The smallest absolute Gasteiger partial charge is 0.244 e. The van der Waals surface area contributed by atoms with E-state index in [1.807, 2.05) is 55.5 Å². The molecule has 2 aromatic carbocycles. The lowest BCUT2D eigenvalue weighted by atomic mass is 10.1. The van der Waals surface area contributed by atoms with Crippen LogP contribution in [0.2, 0.25) is 0 Å². The summed E-state index contributed by atoms with van der Waals surface area (Å²) < 4.78 is 0. The Labute approximate surface area is 149 Å². The number of rotatable bonds is 7. The first kappa shape index (κ1) is 18.5. The molecule has 0 saturated heterocycles. The Morgan fingerprint density at radius 1 is 1.08 bits per heavy atom. The van der Waals surface area contributed by atoms with E-state index >= 15 is 0 Å². The van der Waals surface area contributed by atoms with Crippen LogP contribution in [0.5, 0.6) is 0 Å². The number of benzene rings is 2. The van der Waals surface area contributed by atoms with Crippen molar-refractivity contribution in [2.45, 2.75) is 26.8 Å². The normalized spacial score (nSPS) is 11.2. The van der Waals surface area contributed by atoms with Gasteiger partial charge in [0.25, 0.3) is 0 Å². The van der Waals surface area contributed by atoms with Gasteiger partial charge in [0, 0.05) is 18.8 Å². The van der Waals surface area contributed by atoms with Crippen LogP contribution in [0.15, 0.2) is 59.6 Å². The molecule has 0 saturated carbocycles. The molecule has 1 amide bonds. The second-order valence-electron chi connectivity index (χ2n) is 5.77. The fraction of sp³-hybridized carbons (Fsp3) is 0.300. The third-order valence-corrected chi connectivity index (χ3v) is 3.94. The van der Waals surface area contributed by atoms with Gasteiger partial charge in [-0.3, -0.25) is 4.79 Å². The van der Waals surface area contributed by atoms with Gasteiger partial charge >= 0.3 is 0 Å². The number of carbonyl (C=O) groups is 1. The first-order valence-corrected chi connectivity index (χ1v) is 8.60. The van der Waals surface area contributed by atoms with E-state index in [-0.39, 0.29) is 18.4 Å². The molecular weight excluding hydrogens is 312 g/mol. The molecule has 0 unspecified atom stereocenters. The zero-order valence-corrected chi connectivity index (χ0v) is 14.9. The van der Waals surface area contributed by atoms with E-state index in [2.05, 4.69) is 23.3 Å². The lowest BCUT2D eigenvalue weighted by Crippen LogP contribution is -2.33. The lowest BCUT2D eigenvalue weighted by Gasteiger charge is -2.20. The number of carbonyl (C=O) groups excluding carboxylic acids is 1. The van der Waals surface area contributed by atoms with Crippen LogP contribution in [0.25, 0.3) is 0 Å². The number of likely N-dealkylation sites (N-methyl/N-ethyl adjacent to an activating group) is 1. The molecule has 0 bridgehead atoms. The van der Waals surface area contributed by atoms with Crippen LogP contribution in [0.4, 0.5) is 5.69 Å². The first-order valence-electron chi connectivity index (χ1n) is 8.60. The molecule has 0 spiro atoms. The third-order valence-electron chi connectivity index (χ3n) is 3.94. The Morgan fingerprint density at radius 3 is 2.48 bits per heavy atom. The number of amides is 1. The second-order valence-corrected chi connectivity index (χ2v) is 5.77. The summed E-state index contributed by atoms with van der Waals surface area (Å²) in [7, 11) is 0. The van der Waals surface area contributed by atoms with E-state index in [1.54, 1.807) is 4.90 Å². The monoisotopic (exact) mass is 338 g/mol. The van der Waals surface area contributed by atoms with Crippen molar-refractivity contribution in [2.24, 2.45) is 10.7 Å². The van der Waals surface area contributed by atoms with Crippen LogP contribution in [-0.4, -0.2) is 29.9 Å². The Kier molecular flexibility index (Phi) is 7.01. The van der Waals surface area contributed by atoms with Gasteiger partial charge in [-0.2, -0.15) is 0 Å². The van der Waals surface area contributed by atoms with Gasteiger partial charge in [-0.15, -0.1) is 0 Å². The highest BCUT2D eigenvalue weighted by atomic mass is 16.2. The summed E-state index contributed by atoms with van der Waals surface area (Å²) in [6.45, 7) is 5.31. The lowest BCUT2D eigenvalue weighted by molar-refractivity contribution is -0.130. The maximum absolute atomic E-state index is 12.4. The van der Waals surface area contributed by atoms with E-state index in [1.165, 1.54) is 5.56 Å². The summed E-state index contributed by atoms with van der Waals surface area (Å²) >= 11 is 0. The maximum atomic E-state index is 12.4. The summed E-state index contributed by atoms with van der Waals surface area (Å²) in [5.74, 6) is 0.204. The summed E-state index contributed by atoms with van der Waals surface area (Å²) in [6, 6.07) is 17.9. The van der Waals surface area contributed by atoms with Gasteiger partial charge in [0.1, 0.15) is 6.54 Å². The van der Waals surface area contributed by atoms with Crippen molar-refractivity contribution in [3.05, 3.63) is 65.7 Å². The van der Waals surface area contributed by atoms with E-state index < -0.39 is 0 Å². The summed E-state index contributed by atoms with van der Waals surface area (Å²) in [5, 5.41) is 3.04. The second kappa shape index (κ2) is 9.47. The Bertz CT molecular complexity index is 713. The number of aliphatic imine (C=N–C) groups is 1. The number of nitrogens with zero attached hydrogens (tertiary/aromatic N) is 2. The van der Waals surface area contributed by atoms with Gasteiger partial charge < -0.3 is 16.0 Å². The minimum atomic E-state index is -0.0431. The largest absolute Gasteiger partial charge is 0.370 e. The fourth-order valence-electron chi connectivity index (χ4n) is 2.49. The Balaban J connectivity index is 1.92. The molecule has 0 radical (unpaired) electrons. The number of nitrogens with one attached hydrogen (secondary N) is 1. The standard InChI is InChI=1S/C20H26N4O/c1-3-16-11-8-12-18(13-16)23-20(21)22-14-19(25)24(4-2)15-17-9-6-5-7-10-17/h5-13H,3-4,14-15H2,1-2H3,(H3,21,22,23). The van der Waals surface area contributed by atoms with Gasteiger partial charge in [-0.05, 0) is 36.6 Å².